The third-order valence-corrected chi connectivity index (χ3v) is 4.88. The number of hydrogen-bond acceptors (Lipinski definition) is 6. The van der Waals surface area contributed by atoms with Gasteiger partial charge < -0.3 is 15.5 Å². The molecule has 1 amide bonds. The van der Waals surface area contributed by atoms with Crippen molar-refractivity contribution in [3.05, 3.63) is 16.4 Å². The van der Waals surface area contributed by atoms with Crippen molar-refractivity contribution in [1.29, 1.82) is 0 Å². The highest BCUT2D eigenvalue weighted by atomic mass is 35.5. The molecule has 1 aromatic heterocycles. The second kappa shape index (κ2) is 9.50. The Morgan fingerprint density at radius 1 is 1.33 bits per heavy atom. The number of nitrogens with two attached hydrogens (primary N) is 1. The van der Waals surface area contributed by atoms with Gasteiger partial charge in [-0.1, -0.05) is 26.7 Å². The zero-order chi connectivity index (χ0) is 20.1. The van der Waals surface area contributed by atoms with E-state index in [0.29, 0.717) is 12.8 Å². The first-order valence-electron chi connectivity index (χ1n) is 9.51. The minimum absolute atomic E-state index is 0.134. The molecule has 2 rings (SSSR count). The van der Waals surface area contributed by atoms with Crippen LogP contribution in [0.1, 0.15) is 63.6 Å². The third-order valence-electron chi connectivity index (χ3n) is 4.74. The highest BCUT2D eigenvalue weighted by molar-refractivity contribution is 6.20. The number of ketones is 1. The summed E-state index contributed by atoms with van der Waals surface area (Å²) in [5.41, 5.74) is 6.08. The van der Waals surface area contributed by atoms with Gasteiger partial charge in [0.2, 0.25) is 11.7 Å². The molecule has 152 valence electrons. The van der Waals surface area contributed by atoms with Crippen molar-refractivity contribution >= 4 is 23.3 Å². The Kier molecular flexibility index (Phi) is 7.61. The van der Waals surface area contributed by atoms with Crippen molar-refractivity contribution in [1.82, 2.24) is 15.1 Å². The van der Waals surface area contributed by atoms with E-state index in [9.17, 15) is 14.4 Å². The SMILES string of the molecule is CC(C)C[C@H](NC(=O)[C@@H]1CCCC[C@@H]1N)C(=O)c1nn(CC(C)Cl)c(=O)o1. The predicted molar refractivity (Wildman–Crippen MR) is 102 cm³/mol. The Balaban J connectivity index is 2.16. The van der Waals surface area contributed by atoms with E-state index in [1.165, 1.54) is 0 Å². The molecule has 0 saturated heterocycles. The fourth-order valence-electron chi connectivity index (χ4n) is 3.38. The second-order valence-corrected chi connectivity index (χ2v) is 8.49. The number of hydrogen-bond donors (Lipinski definition) is 2. The number of Topliss-reactive ketones (excluding diaryl/α,β-unsaturated/α-hetero) is 1. The van der Waals surface area contributed by atoms with Crippen LogP contribution in [0.4, 0.5) is 0 Å². The number of alkyl halides is 1. The van der Waals surface area contributed by atoms with Gasteiger partial charge in [0.15, 0.2) is 0 Å². The van der Waals surface area contributed by atoms with Crippen LogP contribution in [0.5, 0.6) is 0 Å². The summed E-state index contributed by atoms with van der Waals surface area (Å²) in [7, 11) is 0. The lowest BCUT2D eigenvalue weighted by Crippen LogP contribution is -2.49. The number of nitrogens with zero attached hydrogens (tertiary/aromatic N) is 2. The van der Waals surface area contributed by atoms with Gasteiger partial charge in [-0.25, -0.2) is 4.79 Å². The van der Waals surface area contributed by atoms with E-state index in [1.807, 2.05) is 13.8 Å². The van der Waals surface area contributed by atoms with Crippen LogP contribution >= 0.6 is 11.6 Å². The summed E-state index contributed by atoms with van der Waals surface area (Å²) in [4.78, 5) is 37.4. The lowest BCUT2D eigenvalue weighted by atomic mass is 9.84. The molecule has 1 fully saturated rings. The summed E-state index contributed by atoms with van der Waals surface area (Å²) >= 11 is 5.88. The molecule has 0 bridgehead atoms. The van der Waals surface area contributed by atoms with E-state index in [2.05, 4.69) is 10.4 Å². The van der Waals surface area contributed by atoms with Gasteiger partial charge in [-0.15, -0.1) is 16.7 Å². The van der Waals surface area contributed by atoms with Crippen molar-refractivity contribution in [2.75, 3.05) is 0 Å². The number of carbonyl (C=O) groups is 2. The van der Waals surface area contributed by atoms with Crippen LogP contribution in [0.15, 0.2) is 9.21 Å². The van der Waals surface area contributed by atoms with Crippen molar-refractivity contribution in [3.8, 4) is 0 Å². The normalized spacial score (nSPS) is 22.4. The molecule has 9 heteroatoms. The summed E-state index contributed by atoms with van der Waals surface area (Å²) in [6.07, 6.45) is 3.89. The number of aromatic nitrogens is 2. The molecule has 1 aliphatic rings. The minimum Gasteiger partial charge on any atom is -0.384 e. The lowest BCUT2D eigenvalue weighted by molar-refractivity contribution is -0.127. The Hall–Kier alpha value is -1.67. The van der Waals surface area contributed by atoms with E-state index in [0.717, 1.165) is 23.9 Å². The highest BCUT2D eigenvalue weighted by Gasteiger charge is 2.33. The van der Waals surface area contributed by atoms with Crippen LogP contribution in [0.3, 0.4) is 0 Å². The highest BCUT2D eigenvalue weighted by Crippen LogP contribution is 2.23. The maximum absolute atomic E-state index is 12.8. The fraction of sp³-hybridized carbons (Fsp3) is 0.778. The lowest BCUT2D eigenvalue weighted by Gasteiger charge is -2.29. The van der Waals surface area contributed by atoms with Crippen molar-refractivity contribution in [3.63, 3.8) is 0 Å². The van der Waals surface area contributed by atoms with E-state index < -0.39 is 17.6 Å². The molecule has 1 heterocycles. The van der Waals surface area contributed by atoms with Crippen LogP contribution in [0, 0.1) is 11.8 Å². The van der Waals surface area contributed by atoms with Crippen LogP contribution < -0.4 is 16.8 Å². The van der Waals surface area contributed by atoms with Gasteiger partial charge in [-0.3, -0.25) is 9.59 Å². The summed E-state index contributed by atoms with van der Waals surface area (Å²) in [6.45, 7) is 5.74. The van der Waals surface area contributed by atoms with Gasteiger partial charge in [-0.05, 0) is 32.1 Å². The molecule has 1 saturated carbocycles. The molecule has 27 heavy (non-hydrogen) atoms. The molecule has 1 unspecified atom stereocenters. The molecule has 0 radical (unpaired) electrons. The van der Waals surface area contributed by atoms with Crippen LogP contribution in [0.2, 0.25) is 0 Å². The second-order valence-electron chi connectivity index (χ2n) is 7.75. The number of carbonyl (C=O) groups excluding carboxylic acids is 2. The number of rotatable bonds is 8. The van der Waals surface area contributed by atoms with Crippen LogP contribution in [-0.2, 0) is 11.3 Å². The first-order chi connectivity index (χ1) is 12.7. The zero-order valence-corrected chi connectivity index (χ0v) is 16.9. The fourth-order valence-corrected chi connectivity index (χ4v) is 3.51. The number of nitrogens with one attached hydrogen (secondary N) is 1. The maximum atomic E-state index is 12.8. The Labute approximate surface area is 163 Å². The van der Waals surface area contributed by atoms with Gasteiger partial charge in [-0.2, -0.15) is 4.68 Å². The number of amides is 1. The molecule has 4 atom stereocenters. The average Bonchev–Trinajstić information content (AvgIpc) is 2.93. The smallest absolute Gasteiger partial charge is 0.384 e. The van der Waals surface area contributed by atoms with Gasteiger partial charge in [0.05, 0.1) is 23.9 Å². The van der Waals surface area contributed by atoms with Gasteiger partial charge in [0.25, 0.3) is 5.89 Å². The Morgan fingerprint density at radius 3 is 2.59 bits per heavy atom. The molecule has 0 aliphatic heterocycles. The van der Waals surface area contributed by atoms with Gasteiger partial charge >= 0.3 is 5.76 Å². The molecule has 3 N–H and O–H groups in total. The van der Waals surface area contributed by atoms with E-state index in [4.69, 9.17) is 21.8 Å². The first-order valence-corrected chi connectivity index (χ1v) is 9.94. The van der Waals surface area contributed by atoms with Crippen molar-refractivity contribution < 1.29 is 14.0 Å². The van der Waals surface area contributed by atoms with Gasteiger partial charge in [0, 0.05) is 6.04 Å². The topological polar surface area (TPSA) is 120 Å². The molecule has 0 aromatic carbocycles. The molecular formula is C18H29ClN4O4. The minimum atomic E-state index is -0.813. The zero-order valence-electron chi connectivity index (χ0n) is 16.1. The Bertz CT molecular complexity index is 712. The number of halogens is 1. The maximum Gasteiger partial charge on any atom is 0.437 e. The van der Waals surface area contributed by atoms with E-state index in [1.54, 1.807) is 6.92 Å². The standard InChI is InChI=1S/C18H29ClN4O4/c1-10(2)8-14(21-16(25)12-6-4-5-7-13(12)20)15(24)17-22-23(9-11(3)19)18(26)27-17/h10-14H,4-9,20H2,1-3H3,(H,21,25)/t11?,12-,13+,14+/m1/s1. The quantitative estimate of drug-likeness (QED) is 0.506. The monoisotopic (exact) mass is 400 g/mol. The van der Waals surface area contributed by atoms with Crippen LogP contribution in [0.25, 0.3) is 0 Å². The summed E-state index contributed by atoms with van der Waals surface area (Å²) in [5, 5.41) is 6.41. The van der Waals surface area contributed by atoms with Crippen molar-refractivity contribution in [2.24, 2.45) is 17.6 Å². The first kappa shape index (κ1) is 21.6. The molecule has 1 aromatic rings. The van der Waals surface area contributed by atoms with E-state index in [-0.39, 0.29) is 41.6 Å². The molecule has 8 nitrogen and oxygen atoms in total. The van der Waals surface area contributed by atoms with Crippen molar-refractivity contribution in [2.45, 2.75) is 76.9 Å². The largest absolute Gasteiger partial charge is 0.437 e. The molecule has 0 spiro atoms. The average molecular weight is 401 g/mol. The molecule has 1 aliphatic carbocycles. The third kappa shape index (κ3) is 5.90. The molecular weight excluding hydrogens is 372 g/mol. The summed E-state index contributed by atoms with van der Waals surface area (Å²) in [6, 6.07) is -1.01. The Morgan fingerprint density at radius 2 is 2.00 bits per heavy atom. The summed E-state index contributed by atoms with van der Waals surface area (Å²) < 4.78 is 6.02. The van der Waals surface area contributed by atoms with E-state index >= 15 is 0 Å². The van der Waals surface area contributed by atoms with Gasteiger partial charge in [0.1, 0.15) is 0 Å². The predicted octanol–water partition coefficient (Wildman–Crippen LogP) is 1.69. The summed E-state index contributed by atoms with van der Waals surface area (Å²) in [5.74, 6) is -1.94. The van der Waals surface area contributed by atoms with Crippen LogP contribution in [-0.4, -0.2) is 38.9 Å².